The van der Waals surface area contributed by atoms with Crippen LogP contribution >= 0.6 is 28.7 Å². The van der Waals surface area contributed by atoms with Crippen LogP contribution in [0.15, 0.2) is 29.1 Å². The van der Waals surface area contributed by atoms with Gasteiger partial charge in [-0.2, -0.15) is 14.3 Å². The highest BCUT2D eigenvalue weighted by Crippen LogP contribution is 2.28. The number of hydrogen-bond acceptors (Lipinski definition) is 4. The molecule has 86 valence electrons. The summed E-state index contributed by atoms with van der Waals surface area (Å²) >= 11 is 7.67. The molecule has 0 atom stereocenters. The first-order valence-corrected chi connectivity index (χ1v) is 6.07. The maximum absolute atomic E-state index is 4.36. The molecule has 0 N–H and O–H groups in total. The Labute approximate surface area is 111 Å². The van der Waals surface area contributed by atoms with Gasteiger partial charge in [0.15, 0.2) is 5.65 Å². The number of aromatic nitrogens is 5. The zero-order chi connectivity index (χ0) is 12.0. The molecule has 3 aromatic heterocycles. The third kappa shape index (κ3) is 1.75. The molecule has 0 aromatic carbocycles. The SMILES string of the molecule is Cn1cc(-c2nn(S)c3ncc(Br)cc23)cn1. The van der Waals surface area contributed by atoms with Crippen molar-refractivity contribution in [3.05, 3.63) is 29.1 Å². The van der Waals surface area contributed by atoms with Crippen molar-refractivity contribution in [3.8, 4) is 11.3 Å². The minimum absolute atomic E-state index is 0.732. The second-order valence-corrected chi connectivity index (χ2v) is 4.96. The lowest BCUT2D eigenvalue weighted by Gasteiger charge is -1.93. The van der Waals surface area contributed by atoms with E-state index in [2.05, 4.69) is 43.9 Å². The number of nitrogens with zero attached hydrogens (tertiary/aromatic N) is 5. The Morgan fingerprint density at radius 1 is 1.35 bits per heavy atom. The van der Waals surface area contributed by atoms with Crippen LogP contribution in [0.5, 0.6) is 0 Å². The zero-order valence-corrected chi connectivity index (χ0v) is 11.4. The Kier molecular flexibility index (Phi) is 2.44. The van der Waals surface area contributed by atoms with Gasteiger partial charge in [0.05, 0.1) is 6.20 Å². The summed E-state index contributed by atoms with van der Waals surface area (Å²) in [7, 11) is 1.87. The molecule has 0 unspecified atom stereocenters. The van der Waals surface area contributed by atoms with Crippen molar-refractivity contribution < 1.29 is 0 Å². The highest BCUT2D eigenvalue weighted by atomic mass is 79.9. The maximum atomic E-state index is 4.36. The van der Waals surface area contributed by atoms with Crippen LogP contribution in [0.25, 0.3) is 22.3 Å². The molecule has 0 saturated carbocycles. The Bertz CT molecular complexity index is 702. The molecular formula is C10H8BrN5S. The molecule has 0 bridgehead atoms. The largest absolute Gasteiger partial charge is 0.275 e. The van der Waals surface area contributed by atoms with Gasteiger partial charge in [-0.1, -0.05) is 0 Å². The van der Waals surface area contributed by atoms with Gasteiger partial charge >= 0.3 is 0 Å². The zero-order valence-electron chi connectivity index (χ0n) is 8.87. The fraction of sp³-hybridized carbons (Fsp3) is 0.100. The molecule has 17 heavy (non-hydrogen) atoms. The Morgan fingerprint density at radius 3 is 2.88 bits per heavy atom. The van der Waals surface area contributed by atoms with Crippen LogP contribution in [-0.2, 0) is 7.05 Å². The fourth-order valence-corrected chi connectivity index (χ4v) is 2.30. The average Bonchev–Trinajstić information content (AvgIpc) is 2.83. The summed E-state index contributed by atoms with van der Waals surface area (Å²) in [5, 5.41) is 9.45. The summed E-state index contributed by atoms with van der Waals surface area (Å²) in [4.78, 5) is 4.28. The molecule has 0 aliphatic heterocycles. The van der Waals surface area contributed by atoms with E-state index in [0.29, 0.717) is 0 Å². The van der Waals surface area contributed by atoms with Crippen LogP contribution in [-0.4, -0.2) is 24.0 Å². The number of thiol groups is 1. The first kappa shape index (κ1) is 10.8. The molecule has 0 aliphatic rings. The minimum atomic E-state index is 0.732. The normalized spacial score (nSPS) is 11.2. The van der Waals surface area contributed by atoms with E-state index in [-0.39, 0.29) is 0 Å². The summed E-state index contributed by atoms with van der Waals surface area (Å²) in [5.41, 5.74) is 2.51. The van der Waals surface area contributed by atoms with Gasteiger partial charge in [-0.25, -0.2) is 4.98 Å². The van der Waals surface area contributed by atoms with E-state index in [9.17, 15) is 0 Å². The molecule has 0 amide bonds. The van der Waals surface area contributed by atoms with Crippen molar-refractivity contribution >= 4 is 39.8 Å². The first-order chi connectivity index (χ1) is 8.15. The summed E-state index contributed by atoms with van der Waals surface area (Å²) in [6.07, 6.45) is 5.41. The van der Waals surface area contributed by atoms with Gasteiger partial charge in [0.1, 0.15) is 5.69 Å². The molecule has 0 radical (unpaired) electrons. The predicted molar refractivity (Wildman–Crippen MR) is 71.8 cm³/mol. The monoisotopic (exact) mass is 309 g/mol. The van der Waals surface area contributed by atoms with Crippen molar-refractivity contribution in [2.75, 3.05) is 0 Å². The fourth-order valence-electron chi connectivity index (χ4n) is 1.72. The molecule has 5 nitrogen and oxygen atoms in total. The third-order valence-electron chi connectivity index (χ3n) is 2.45. The number of hydrogen-bond donors (Lipinski definition) is 1. The second-order valence-electron chi connectivity index (χ2n) is 3.67. The van der Waals surface area contributed by atoms with E-state index in [4.69, 9.17) is 0 Å². The van der Waals surface area contributed by atoms with Gasteiger partial charge < -0.3 is 0 Å². The van der Waals surface area contributed by atoms with Crippen LogP contribution in [0.4, 0.5) is 0 Å². The van der Waals surface area contributed by atoms with Gasteiger partial charge in [-0.3, -0.25) is 4.68 Å². The maximum Gasteiger partial charge on any atom is 0.170 e. The van der Waals surface area contributed by atoms with Crippen LogP contribution in [0.1, 0.15) is 0 Å². The van der Waals surface area contributed by atoms with Crippen molar-refractivity contribution in [2.45, 2.75) is 0 Å². The number of pyridine rings is 1. The van der Waals surface area contributed by atoms with Crippen molar-refractivity contribution in [1.82, 2.24) is 24.0 Å². The van der Waals surface area contributed by atoms with E-state index in [1.54, 1.807) is 17.1 Å². The molecule has 3 heterocycles. The lowest BCUT2D eigenvalue weighted by Crippen LogP contribution is -1.85. The van der Waals surface area contributed by atoms with Crippen LogP contribution in [0, 0.1) is 0 Å². The molecule has 0 saturated heterocycles. The summed E-state index contributed by atoms with van der Waals surface area (Å²) < 4.78 is 4.13. The van der Waals surface area contributed by atoms with Crippen molar-refractivity contribution in [1.29, 1.82) is 0 Å². The smallest absolute Gasteiger partial charge is 0.170 e. The molecule has 3 rings (SSSR count). The number of halogens is 1. The molecular weight excluding hydrogens is 302 g/mol. The van der Waals surface area contributed by atoms with E-state index < -0.39 is 0 Å². The summed E-state index contributed by atoms with van der Waals surface area (Å²) in [6, 6.07) is 1.98. The Morgan fingerprint density at radius 2 is 2.18 bits per heavy atom. The minimum Gasteiger partial charge on any atom is -0.275 e. The van der Waals surface area contributed by atoms with Gasteiger partial charge in [0.25, 0.3) is 0 Å². The molecule has 7 heteroatoms. The van der Waals surface area contributed by atoms with E-state index in [1.165, 1.54) is 4.09 Å². The van der Waals surface area contributed by atoms with E-state index in [0.717, 1.165) is 26.8 Å². The third-order valence-corrected chi connectivity index (χ3v) is 3.16. The first-order valence-electron chi connectivity index (χ1n) is 4.87. The second kappa shape index (κ2) is 3.85. The van der Waals surface area contributed by atoms with Crippen molar-refractivity contribution in [2.24, 2.45) is 7.05 Å². The van der Waals surface area contributed by atoms with Crippen LogP contribution in [0.2, 0.25) is 0 Å². The number of rotatable bonds is 1. The molecule has 0 fully saturated rings. The standard InChI is InChI=1S/C10H8BrN5S/c1-15-5-6(3-13-15)9-8-2-7(11)4-12-10(8)16(17)14-9/h2-5,17H,1H3. The number of aryl methyl sites for hydroxylation is 1. The summed E-state index contributed by atoms with van der Waals surface area (Å²) in [6.45, 7) is 0. The predicted octanol–water partition coefficient (Wildman–Crippen LogP) is 2.29. The van der Waals surface area contributed by atoms with Gasteiger partial charge in [-0.15, -0.1) is 0 Å². The number of fused-ring (bicyclic) bond motifs is 1. The van der Waals surface area contributed by atoms with Crippen molar-refractivity contribution in [3.63, 3.8) is 0 Å². The van der Waals surface area contributed by atoms with E-state index in [1.807, 2.05) is 19.3 Å². The van der Waals surface area contributed by atoms with Gasteiger partial charge in [0, 0.05) is 34.9 Å². The Balaban J connectivity index is 2.33. The van der Waals surface area contributed by atoms with Crippen LogP contribution < -0.4 is 0 Å². The lowest BCUT2D eigenvalue weighted by atomic mass is 10.2. The lowest BCUT2D eigenvalue weighted by molar-refractivity contribution is 0.768. The highest BCUT2D eigenvalue weighted by molar-refractivity contribution is 9.10. The molecule has 0 aliphatic carbocycles. The van der Waals surface area contributed by atoms with Gasteiger partial charge in [0.2, 0.25) is 0 Å². The Hall–Kier alpha value is -1.34. The average molecular weight is 310 g/mol. The molecule has 0 spiro atoms. The highest BCUT2D eigenvalue weighted by Gasteiger charge is 2.13. The molecule has 3 aromatic rings. The summed E-state index contributed by atoms with van der Waals surface area (Å²) in [5.74, 6) is 0. The topological polar surface area (TPSA) is 48.5 Å². The van der Waals surface area contributed by atoms with Gasteiger partial charge in [-0.05, 0) is 34.8 Å². The van der Waals surface area contributed by atoms with E-state index >= 15 is 0 Å². The quantitative estimate of drug-likeness (QED) is 0.702. The van der Waals surface area contributed by atoms with Crippen LogP contribution in [0.3, 0.4) is 0 Å².